The van der Waals surface area contributed by atoms with Gasteiger partial charge in [0.1, 0.15) is 5.75 Å². The molecule has 1 N–H and O–H groups in total. The lowest BCUT2D eigenvalue weighted by Crippen LogP contribution is -2.32. The molecule has 0 aliphatic carbocycles. The summed E-state index contributed by atoms with van der Waals surface area (Å²) >= 11 is 0. The number of allylic oxidation sites excluding steroid dienone is 1. The SMILES string of the molecule is CCCCCCOc1ccc(C2C(C(=O)C=Cc3ccccc3)=C(O)C(=O)N2CCCOC)cc1. The molecular weight excluding hydrogens is 442 g/mol. The van der Waals surface area contributed by atoms with Crippen molar-refractivity contribution in [2.24, 2.45) is 0 Å². The monoisotopic (exact) mass is 477 g/mol. The molecule has 1 unspecified atom stereocenters. The summed E-state index contributed by atoms with van der Waals surface area (Å²) < 4.78 is 11.0. The Kier molecular flexibility index (Phi) is 10.1. The van der Waals surface area contributed by atoms with Crippen LogP contribution in [0.3, 0.4) is 0 Å². The first-order valence-corrected chi connectivity index (χ1v) is 12.3. The van der Waals surface area contributed by atoms with Crippen molar-refractivity contribution in [3.05, 3.63) is 83.1 Å². The number of benzene rings is 2. The zero-order valence-corrected chi connectivity index (χ0v) is 20.6. The predicted octanol–water partition coefficient (Wildman–Crippen LogP) is 5.66. The summed E-state index contributed by atoms with van der Waals surface area (Å²) in [6.45, 7) is 3.66. The van der Waals surface area contributed by atoms with Gasteiger partial charge in [0.25, 0.3) is 5.91 Å². The number of aliphatic hydroxyl groups excluding tert-OH is 1. The molecule has 0 saturated heterocycles. The van der Waals surface area contributed by atoms with Gasteiger partial charge in [0, 0.05) is 20.3 Å². The number of unbranched alkanes of at least 4 members (excludes halogenated alkanes) is 3. The fraction of sp³-hybridized carbons (Fsp3) is 0.379. The second kappa shape index (κ2) is 13.5. The van der Waals surface area contributed by atoms with E-state index in [0.717, 1.165) is 29.7 Å². The third kappa shape index (κ3) is 7.06. The zero-order chi connectivity index (χ0) is 25.0. The molecule has 35 heavy (non-hydrogen) atoms. The molecule has 1 aliphatic rings. The number of hydrogen-bond acceptors (Lipinski definition) is 5. The third-order valence-electron chi connectivity index (χ3n) is 6.01. The highest BCUT2D eigenvalue weighted by Gasteiger charge is 2.42. The van der Waals surface area contributed by atoms with Crippen LogP contribution in [0.15, 0.2) is 72.0 Å². The summed E-state index contributed by atoms with van der Waals surface area (Å²) in [4.78, 5) is 27.7. The van der Waals surface area contributed by atoms with E-state index in [2.05, 4.69) is 6.92 Å². The number of methoxy groups -OCH3 is 1. The van der Waals surface area contributed by atoms with Crippen molar-refractivity contribution < 1.29 is 24.2 Å². The molecule has 1 amide bonds. The minimum Gasteiger partial charge on any atom is -0.503 e. The molecule has 1 atom stereocenters. The van der Waals surface area contributed by atoms with Crippen LogP contribution in [0.1, 0.15) is 56.2 Å². The Hall–Kier alpha value is -3.38. The normalized spacial score (nSPS) is 15.9. The summed E-state index contributed by atoms with van der Waals surface area (Å²) in [7, 11) is 1.60. The Labute approximate surface area is 207 Å². The van der Waals surface area contributed by atoms with E-state index in [1.807, 2.05) is 54.6 Å². The molecular formula is C29H35NO5. The fourth-order valence-corrected chi connectivity index (χ4v) is 4.15. The summed E-state index contributed by atoms with van der Waals surface area (Å²) in [5, 5.41) is 10.7. The minimum absolute atomic E-state index is 0.0906. The van der Waals surface area contributed by atoms with Gasteiger partial charge >= 0.3 is 0 Å². The van der Waals surface area contributed by atoms with E-state index in [4.69, 9.17) is 9.47 Å². The lowest BCUT2D eigenvalue weighted by atomic mass is 9.95. The van der Waals surface area contributed by atoms with E-state index in [1.54, 1.807) is 18.1 Å². The summed E-state index contributed by atoms with van der Waals surface area (Å²) in [6.07, 6.45) is 8.21. The lowest BCUT2D eigenvalue weighted by molar-refractivity contribution is -0.129. The van der Waals surface area contributed by atoms with Crippen LogP contribution in [-0.2, 0) is 14.3 Å². The van der Waals surface area contributed by atoms with E-state index in [-0.39, 0.29) is 5.57 Å². The summed E-state index contributed by atoms with van der Waals surface area (Å²) in [6, 6.07) is 16.2. The first-order chi connectivity index (χ1) is 17.1. The van der Waals surface area contributed by atoms with Gasteiger partial charge in [0.05, 0.1) is 18.2 Å². The molecule has 0 radical (unpaired) electrons. The van der Waals surface area contributed by atoms with E-state index >= 15 is 0 Å². The van der Waals surface area contributed by atoms with Crippen LogP contribution in [0, 0.1) is 0 Å². The Bertz CT molecular complexity index is 1030. The van der Waals surface area contributed by atoms with Crippen LogP contribution in [0.5, 0.6) is 5.75 Å². The van der Waals surface area contributed by atoms with Gasteiger partial charge in [0.2, 0.25) is 0 Å². The predicted molar refractivity (Wildman–Crippen MR) is 137 cm³/mol. The van der Waals surface area contributed by atoms with Crippen LogP contribution in [0.4, 0.5) is 0 Å². The average molecular weight is 478 g/mol. The first kappa shape index (κ1) is 26.2. The van der Waals surface area contributed by atoms with Gasteiger partial charge < -0.3 is 19.5 Å². The Morgan fingerprint density at radius 1 is 1.00 bits per heavy atom. The summed E-state index contributed by atoms with van der Waals surface area (Å²) in [5.74, 6) is -0.689. The van der Waals surface area contributed by atoms with E-state index in [9.17, 15) is 14.7 Å². The molecule has 0 bridgehead atoms. The van der Waals surface area contributed by atoms with E-state index in [1.165, 1.54) is 18.9 Å². The van der Waals surface area contributed by atoms with Gasteiger partial charge in [-0.15, -0.1) is 0 Å². The van der Waals surface area contributed by atoms with Crippen molar-refractivity contribution in [3.63, 3.8) is 0 Å². The minimum atomic E-state index is -0.675. The molecule has 3 rings (SSSR count). The first-order valence-electron chi connectivity index (χ1n) is 12.3. The van der Waals surface area contributed by atoms with Gasteiger partial charge in [0.15, 0.2) is 11.5 Å². The van der Waals surface area contributed by atoms with Gasteiger partial charge in [-0.2, -0.15) is 0 Å². The molecule has 0 aromatic heterocycles. The highest BCUT2D eigenvalue weighted by Crippen LogP contribution is 2.38. The number of rotatable bonds is 14. The number of nitrogens with zero attached hydrogens (tertiary/aromatic N) is 1. The Morgan fingerprint density at radius 3 is 2.43 bits per heavy atom. The van der Waals surface area contributed by atoms with E-state index in [0.29, 0.717) is 26.2 Å². The second-order valence-corrected chi connectivity index (χ2v) is 8.60. The number of aliphatic hydroxyl groups is 1. The van der Waals surface area contributed by atoms with Crippen molar-refractivity contribution in [2.45, 2.75) is 45.1 Å². The van der Waals surface area contributed by atoms with Crippen LogP contribution in [0.25, 0.3) is 6.08 Å². The molecule has 0 fully saturated rings. The molecule has 1 aliphatic heterocycles. The zero-order valence-electron chi connectivity index (χ0n) is 20.6. The molecule has 6 nitrogen and oxygen atoms in total. The fourth-order valence-electron chi connectivity index (χ4n) is 4.15. The van der Waals surface area contributed by atoms with E-state index < -0.39 is 23.5 Å². The molecule has 1 heterocycles. The maximum Gasteiger partial charge on any atom is 0.290 e. The summed E-state index contributed by atoms with van der Waals surface area (Å²) in [5.41, 5.74) is 1.70. The number of amides is 1. The molecule has 186 valence electrons. The number of ether oxygens (including phenoxy) is 2. The maximum atomic E-state index is 13.2. The Morgan fingerprint density at radius 2 is 1.74 bits per heavy atom. The molecule has 0 spiro atoms. The van der Waals surface area contributed by atoms with Crippen molar-refractivity contribution >= 4 is 17.8 Å². The average Bonchev–Trinajstić information content (AvgIpc) is 3.13. The molecule has 2 aromatic rings. The van der Waals surface area contributed by atoms with Crippen molar-refractivity contribution in [1.82, 2.24) is 4.90 Å². The van der Waals surface area contributed by atoms with Gasteiger partial charge in [-0.05, 0) is 42.2 Å². The second-order valence-electron chi connectivity index (χ2n) is 8.60. The number of hydrogen-bond donors (Lipinski definition) is 1. The maximum absolute atomic E-state index is 13.2. The number of carbonyl (C=O) groups is 2. The molecule has 6 heteroatoms. The topological polar surface area (TPSA) is 76.1 Å². The largest absolute Gasteiger partial charge is 0.503 e. The quantitative estimate of drug-likeness (QED) is 0.281. The molecule has 2 aromatic carbocycles. The number of carbonyl (C=O) groups excluding carboxylic acids is 2. The van der Waals surface area contributed by atoms with Crippen molar-refractivity contribution in [1.29, 1.82) is 0 Å². The van der Waals surface area contributed by atoms with Crippen LogP contribution in [0.2, 0.25) is 0 Å². The van der Waals surface area contributed by atoms with Crippen molar-refractivity contribution in [2.75, 3.05) is 26.9 Å². The number of ketones is 1. The van der Waals surface area contributed by atoms with Crippen LogP contribution in [-0.4, -0.2) is 48.6 Å². The van der Waals surface area contributed by atoms with Crippen LogP contribution >= 0.6 is 0 Å². The highest BCUT2D eigenvalue weighted by molar-refractivity contribution is 6.14. The van der Waals surface area contributed by atoms with Gasteiger partial charge in [-0.3, -0.25) is 9.59 Å². The van der Waals surface area contributed by atoms with Gasteiger partial charge in [-0.1, -0.05) is 74.7 Å². The third-order valence-corrected chi connectivity index (χ3v) is 6.01. The van der Waals surface area contributed by atoms with Crippen LogP contribution < -0.4 is 4.74 Å². The highest BCUT2D eigenvalue weighted by atomic mass is 16.5. The molecule has 0 saturated carbocycles. The smallest absolute Gasteiger partial charge is 0.290 e. The van der Waals surface area contributed by atoms with Crippen molar-refractivity contribution in [3.8, 4) is 5.75 Å². The lowest BCUT2D eigenvalue weighted by Gasteiger charge is -2.26. The van der Waals surface area contributed by atoms with Gasteiger partial charge in [-0.25, -0.2) is 0 Å². The standard InChI is InChI=1S/C29H35NO5/c1-3-4-5-9-21-35-24-16-14-23(15-17-24)27-26(25(31)18-13-22-11-7-6-8-12-22)28(32)29(33)30(27)19-10-20-34-2/h6-8,11-18,27,32H,3-5,9-10,19-21H2,1-2H3. The Balaban J connectivity index is 1.82.